The molecule has 1 N–H and O–H groups in total. The zero-order valence-corrected chi connectivity index (χ0v) is 23.2. The summed E-state index contributed by atoms with van der Waals surface area (Å²) < 4.78 is 34.1. The summed E-state index contributed by atoms with van der Waals surface area (Å²) in [6.07, 6.45) is 0. The number of hydrogen-bond donors (Lipinski definition) is 1. The molecule has 202 valence electrons. The van der Waals surface area contributed by atoms with Crippen molar-refractivity contribution in [2.75, 3.05) is 18.0 Å². The molecular weight excluding hydrogens is 502 g/mol. The number of benzene rings is 3. The predicted octanol–water partition coefficient (Wildman–Crippen LogP) is 4.14. The minimum absolute atomic E-state index is 0.0546. The van der Waals surface area contributed by atoms with Crippen LogP contribution in [0.1, 0.15) is 31.9 Å². The van der Waals surface area contributed by atoms with E-state index < -0.39 is 28.5 Å². The molecule has 38 heavy (non-hydrogen) atoms. The molecule has 9 heteroatoms. The molecule has 0 aliphatic rings. The van der Waals surface area contributed by atoms with Crippen LogP contribution in [0.3, 0.4) is 0 Å². The van der Waals surface area contributed by atoms with Crippen LogP contribution in [0.25, 0.3) is 0 Å². The maximum absolute atomic E-state index is 13.9. The van der Waals surface area contributed by atoms with Gasteiger partial charge in [0.25, 0.3) is 10.0 Å². The summed E-state index contributed by atoms with van der Waals surface area (Å²) in [6, 6.07) is 21.3. The quantitative estimate of drug-likeness (QED) is 0.397. The fourth-order valence-electron chi connectivity index (χ4n) is 3.90. The van der Waals surface area contributed by atoms with Crippen LogP contribution < -0.4 is 14.4 Å². The van der Waals surface area contributed by atoms with Crippen LogP contribution >= 0.6 is 0 Å². The van der Waals surface area contributed by atoms with Gasteiger partial charge in [0.1, 0.15) is 18.3 Å². The molecule has 0 radical (unpaired) electrons. The molecule has 2 amide bonds. The van der Waals surface area contributed by atoms with Crippen molar-refractivity contribution in [2.24, 2.45) is 0 Å². The van der Waals surface area contributed by atoms with E-state index in [-0.39, 0.29) is 29.1 Å². The molecule has 0 fully saturated rings. The standard InChI is InChI=1S/C29H35N3O5S/c1-21(2)30-29(34)23(4)31(19-24-10-7-6-8-11-24)28(33)20-32(25-12-9-13-26(18-25)37-5)38(35,36)27-16-14-22(3)15-17-27/h6-18,21,23H,19-20H2,1-5H3,(H,30,34)/t23-/m1/s1. The summed E-state index contributed by atoms with van der Waals surface area (Å²) in [5, 5.41) is 2.84. The molecule has 3 aromatic carbocycles. The Morgan fingerprint density at radius 3 is 2.18 bits per heavy atom. The van der Waals surface area contributed by atoms with Gasteiger partial charge in [0, 0.05) is 18.7 Å². The third-order valence-corrected chi connectivity index (χ3v) is 7.81. The smallest absolute Gasteiger partial charge is 0.264 e. The number of aryl methyl sites for hydroxylation is 1. The monoisotopic (exact) mass is 537 g/mol. The predicted molar refractivity (Wildman–Crippen MR) is 148 cm³/mol. The number of nitrogens with one attached hydrogen (secondary N) is 1. The molecule has 0 unspecified atom stereocenters. The van der Waals surface area contributed by atoms with E-state index in [4.69, 9.17) is 4.74 Å². The van der Waals surface area contributed by atoms with Gasteiger partial charge in [-0.05, 0) is 57.5 Å². The van der Waals surface area contributed by atoms with Crippen molar-refractivity contribution in [3.05, 3.63) is 90.0 Å². The summed E-state index contributed by atoms with van der Waals surface area (Å²) in [5.41, 5.74) is 2.00. The van der Waals surface area contributed by atoms with Crippen molar-refractivity contribution < 1.29 is 22.7 Å². The van der Waals surface area contributed by atoms with Gasteiger partial charge in [-0.1, -0.05) is 54.1 Å². The summed E-state index contributed by atoms with van der Waals surface area (Å²) in [4.78, 5) is 28.2. The lowest BCUT2D eigenvalue weighted by Crippen LogP contribution is -2.52. The van der Waals surface area contributed by atoms with Crippen molar-refractivity contribution in [1.82, 2.24) is 10.2 Å². The van der Waals surface area contributed by atoms with Gasteiger partial charge in [-0.2, -0.15) is 0 Å². The molecule has 0 aliphatic heterocycles. The van der Waals surface area contributed by atoms with E-state index in [2.05, 4.69) is 5.32 Å². The number of ether oxygens (including phenoxy) is 1. The Labute approximate surface area is 225 Å². The van der Waals surface area contributed by atoms with Gasteiger partial charge in [-0.25, -0.2) is 8.42 Å². The van der Waals surface area contributed by atoms with Crippen molar-refractivity contribution in [1.29, 1.82) is 0 Å². The minimum atomic E-state index is -4.13. The van der Waals surface area contributed by atoms with Crippen LogP contribution in [-0.2, 0) is 26.2 Å². The number of methoxy groups -OCH3 is 1. The average Bonchev–Trinajstić information content (AvgIpc) is 2.90. The van der Waals surface area contributed by atoms with Gasteiger partial charge in [-0.3, -0.25) is 13.9 Å². The molecule has 0 aromatic heterocycles. The lowest BCUT2D eigenvalue weighted by Gasteiger charge is -2.32. The summed E-state index contributed by atoms with van der Waals surface area (Å²) in [7, 11) is -2.65. The van der Waals surface area contributed by atoms with Gasteiger partial charge in [0.15, 0.2) is 0 Å². The van der Waals surface area contributed by atoms with E-state index in [1.54, 1.807) is 43.3 Å². The van der Waals surface area contributed by atoms with E-state index in [1.807, 2.05) is 51.1 Å². The Morgan fingerprint density at radius 2 is 1.58 bits per heavy atom. The number of carbonyl (C=O) groups is 2. The Hall–Kier alpha value is -3.85. The fourth-order valence-corrected chi connectivity index (χ4v) is 5.31. The minimum Gasteiger partial charge on any atom is -0.497 e. The molecule has 0 saturated carbocycles. The highest BCUT2D eigenvalue weighted by molar-refractivity contribution is 7.92. The third-order valence-electron chi connectivity index (χ3n) is 6.02. The summed E-state index contributed by atoms with van der Waals surface area (Å²) in [5.74, 6) is -0.387. The largest absolute Gasteiger partial charge is 0.497 e. The van der Waals surface area contributed by atoms with Gasteiger partial charge >= 0.3 is 0 Å². The zero-order chi connectivity index (χ0) is 27.9. The number of amides is 2. The number of carbonyl (C=O) groups excluding carboxylic acids is 2. The molecular formula is C29H35N3O5S. The Bertz CT molecular complexity index is 1340. The van der Waals surface area contributed by atoms with Crippen LogP contribution in [0.5, 0.6) is 5.75 Å². The van der Waals surface area contributed by atoms with E-state index >= 15 is 0 Å². The van der Waals surface area contributed by atoms with Gasteiger partial charge in [0.05, 0.1) is 17.7 Å². The Balaban J connectivity index is 2.04. The number of nitrogens with zero attached hydrogens (tertiary/aromatic N) is 2. The molecule has 0 spiro atoms. The Morgan fingerprint density at radius 1 is 0.921 bits per heavy atom. The number of anilines is 1. The van der Waals surface area contributed by atoms with Crippen LogP contribution in [0.4, 0.5) is 5.69 Å². The Kier molecular flexibility index (Phi) is 9.52. The highest BCUT2D eigenvalue weighted by atomic mass is 32.2. The van der Waals surface area contributed by atoms with Gasteiger partial charge in [0.2, 0.25) is 11.8 Å². The summed E-state index contributed by atoms with van der Waals surface area (Å²) >= 11 is 0. The third kappa shape index (κ3) is 7.13. The van der Waals surface area contributed by atoms with Crippen LogP contribution in [0.2, 0.25) is 0 Å². The second-order valence-corrected chi connectivity index (χ2v) is 11.2. The van der Waals surface area contributed by atoms with Crippen LogP contribution in [0.15, 0.2) is 83.8 Å². The molecule has 0 saturated heterocycles. The van der Waals surface area contributed by atoms with Crippen molar-refractivity contribution in [3.8, 4) is 5.75 Å². The molecule has 8 nitrogen and oxygen atoms in total. The normalized spacial score (nSPS) is 12.1. The lowest BCUT2D eigenvalue weighted by molar-refractivity contribution is -0.139. The first-order valence-electron chi connectivity index (χ1n) is 12.4. The maximum atomic E-state index is 13.9. The summed E-state index contributed by atoms with van der Waals surface area (Å²) in [6.45, 7) is 6.82. The van der Waals surface area contributed by atoms with E-state index in [1.165, 1.54) is 24.1 Å². The van der Waals surface area contributed by atoms with Crippen LogP contribution in [-0.4, -0.2) is 50.9 Å². The highest BCUT2D eigenvalue weighted by Gasteiger charge is 2.32. The zero-order valence-electron chi connectivity index (χ0n) is 22.4. The average molecular weight is 538 g/mol. The number of hydrogen-bond acceptors (Lipinski definition) is 5. The van der Waals surface area contributed by atoms with E-state index in [0.717, 1.165) is 15.4 Å². The molecule has 0 heterocycles. The van der Waals surface area contributed by atoms with Gasteiger partial charge < -0.3 is 15.0 Å². The lowest BCUT2D eigenvalue weighted by atomic mass is 10.1. The number of rotatable bonds is 11. The van der Waals surface area contributed by atoms with Gasteiger partial charge in [-0.15, -0.1) is 0 Å². The second-order valence-electron chi connectivity index (χ2n) is 9.37. The first-order valence-corrected chi connectivity index (χ1v) is 13.8. The van der Waals surface area contributed by atoms with Crippen molar-refractivity contribution in [2.45, 2.75) is 51.2 Å². The molecule has 3 rings (SSSR count). The molecule has 1 atom stereocenters. The first-order chi connectivity index (χ1) is 18.0. The van der Waals surface area contributed by atoms with E-state index in [0.29, 0.717) is 5.75 Å². The van der Waals surface area contributed by atoms with E-state index in [9.17, 15) is 18.0 Å². The van der Waals surface area contributed by atoms with Crippen LogP contribution in [0, 0.1) is 6.92 Å². The first kappa shape index (κ1) is 28.7. The topological polar surface area (TPSA) is 96.0 Å². The maximum Gasteiger partial charge on any atom is 0.264 e. The molecule has 3 aromatic rings. The SMILES string of the molecule is COc1cccc(N(CC(=O)N(Cc2ccccc2)[C@H](C)C(=O)NC(C)C)S(=O)(=O)c2ccc(C)cc2)c1. The van der Waals surface area contributed by atoms with Crippen molar-refractivity contribution in [3.63, 3.8) is 0 Å². The number of sulfonamides is 1. The van der Waals surface area contributed by atoms with Crippen molar-refractivity contribution >= 4 is 27.5 Å². The molecule has 0 bridgehead atoms. The fraction of sp³-hybridized carbons (Fsp3) is 0.310. The second kappa shape index (κ2) is 12.6. The highest BCUT2D eigenvalue weighted by Crippen LogP contribution is 2.27. The molecule has 0 aliphatic carbocycles.